The Bertz CT molecular complexity index is 839. The fourth-order valence-corrected chi connectivity index (χ4v) is 2.97. The van der Waals surface area contributed by atoms with Crippen molar-refractivity contribution in [1.29, 1.82) is 0 Å². The van der Waals surface area contributed by atoms with E-state index in [1.54, 1.807) is 23.9 Å². The second kappa shape index (κ2) is 7.27. The predicted octanol–water partition coefficient (Wildman–Crippen LogP) is 3.94. The third-order valence-electron chi connectivity index (χ3n) is 3.25. The number of thioether (sulfide) groups is 1. The third kappa shape index (κ3) is 4.20. The van der Waals surface area contributed by atoms with Crippen molar-refractivity contribution in [3.63, 3.8) is 0 Å². The molecule has 0 atom stereocenters. The predicted molar refractivity (Wildman–Crippen MR) is 94.7 cm³/mol. The maximum atomic E-state index is 13.0. The Morgan fingerprint density at radius 1 is 1.04 bits per heavy atom. The lowest BCUT2D eigenvalue weighted by Crippen LogP contribution is -2.06. The largest absolute Gasteiger partial charge is 0.368 e. The van der Waals surface area contributed by atoms with E-state index in [4.69, 9.17) is 5.73 Å². The molecule has 0 aliphatic heterocycles. The molecular formula is C17H16FN5S. The molecular weight excluding hydrogens is 325 g/mol. The molecule has 3 aromatic rings. The van der Waals surface area contributed by atoms with Gasteiger partial charge < -0.3 is 11.1 Å². The number of hydrogen-bond donors (Lipinski definition) is 2. The summed E-state index contributed by atoms with van der Waals surface area (Å²) in [5.41, 5.74) is 7.65. The van der Waals surface area contributed by atoms with Gasteiger partial charge in [0.1, 0.15) is 11.6 Å². The monoisotopic (exact) mass is 341 g/mol. The summed E-state index contributed by atoms with van der Waals surface area (Å²) < 4.78 is 13.0. The Morgan fingerprint density at radius 3 is 2.54 bits per heavy atom. The van der Waals surface area contributed by atoms with Gasteiger partial charge in [-0.25, -0.2) is 4.39 Å². The topological polar surface area (TPSA) is 76.7 Å². The zero-order valence-electron chi connectivity index (χ0n) is 13.0. The Morgan fingerprint density at radius 2 is 1.79 bits per heavy atom. The van der Waals surface area contributed by atoms with E-state index < -0.39 is 0 Å². The van der Waals surface area contributed by atoms with Crippen LogP contribution in [-0.4, -0.2) is 15.0 Å². The molecule has 3 rings (SSSR count). The Labute approximate surface area is 143 Å². The van der Waals surface area contributed by atoms with Gasteiger partial charge in [0.05, 0.1) is 5.75 Å². The number of halogens is 1. The van der Waals surface area contributed by atoms with Gasteiger partial charge in [-0.1, -0.05) is 18.2 Å². The first-order valence-corrected chi connectivity index (χ1v) is 8.30. The van der Waals surface area contributed by atoms with Crippen molar-refractivity contribution >= 4 is 29.3 Å². The summed E-state index contributed by atoms with van der Waals surface area (Å²) in [5.74, 6) is 1.35. The molecule has 0 fully saturated rings. The number of nitrogens with two attached hydrogens (primary N) is 1. The van der Waals surface area contributed by atoms with Crippen LogP contribution in [0.25, 0.3) is 0 Å². The first kappa shape index (κ1) is 16.2. The molecule has 0 saturated carbocycles. The van der Waals surface area contributed by atoms with E-state index in [2.05, 4.69) is 39.3 Å². The molecule has 122 valence electrons. The molecule has 1 heterocycles. The van der Waals surface area contributed by atoms with Gasteiger partial charge in [-0.15, -0.1) is 11.8 Å². The molecule has 0 aliphatic carbocycles. The van der Waals surface area contributed by atoms with Gasteiger partial charge in [-0.2, -0.15) is 15.0 Å². The second-order valence-corrected chi connectivity index (χ2v) is 6.14. The molecule has 0 spiro atoms. The third-order valence-corrected chi connectivity index (χ3v) is 4.42. The Kier molecular flexibility index (Phi) is 4.90. The summed E-state index contributed by atoms with van der Waals surface area (Å²) in [4.78, 5) is 13.8. The van der Waals surface area contributed by atoms with Crippen LogP contribution in [0.2, 0.25) is 0 Å². The minimum atomic E-state index is -0.300. The Hall–Kier alpha value is -2.67. The first-order valence-electron chi connectivity index (χ1n) is 7.31. The van der Waals surface area contributed by atoms with Crippen molar-refractivity contribution in [1.82, 2.24) is 15.0 Å². The van der Waals surface area contributed by atoms with E-state index in [1.165, 1.54) is 22.6 Å². The summed E-state index contributed by atoms with van der Waals surface area (Å²) in [5, 5.41) is 3.00. The molecule has 1 aromatic heterocycles. The van der Waals surface area contributed by atoms with Crippen LogP contribution in [0, 0.1) is 12.7 Å². The number of nitrogens with zero attached hydrogens (tertiary/aromatic N) is 3. The molecule has 0 unspecified atom stereocenters. The van der Waals surface area contributed by atoms with Gasteiger partial charge in [-0.3, -0.25) is 0 Å². The second-order valence-electron chi connectivity index (χ2n) is 5.12. The van der Waals surface area contributed by atoms with Crippen LogP contribution in [0.4, 0.5) is 22.0 Å². The highest BCUT2D eigenvalue weighted by Crippen LogP contribution is 2.25. The fraction of sp³-hybridized carbons (Fsp3) is 0.118. The van der Waals surface area contributed by atoms with Gasteiger partial charge >= 0.3 is 0 Å². The summed E-state index contributed by atoms with van der Waals surface area (Å²) >= 11 is 1.64. The van der Waals surface area contributed by atoms with E-state index in [-0.39, 0.29) is 11.8 Å². The van der Waals surface area contributed by atoms with Crippen LogP contribution in [0.5, 0.6) is 0 Å². The maximum absolute atomic E-state index is 13.0. The zero-order valence-corrected chi connectivity index (χ0v) is 13.8. The van der Waals surface area contributed by atoms with E-state index >= 15 is 0 Å². The molecule has 3 N–H and O–H groups in total. The summed E-state index contributed by atoms with van der Waals surface area (Å²) in [6, 6.07) is 14.1. The standard InChI is InChI=1S/C17H16FN5S/c1-11-4-2-3-5-14(11)24-10-15-21-16(19)23-17(22-15)20-13-8-6-12(18)7-9-13/h2-9H,10H2,1H3,(H3,19,20,21,22,23). The summed E-state index contributed by atoms with van der Waals surface area (Å²) in [6.45, 7) is 2.06. The minimum Gasteiger partial charge on any atom is -0.368 e. The van der Waals surface area contributed by atoms with Crippen molar-refractivity contribution in [3.8, 4) is 0 Å². The lowest BCUT2D eigenvalue weighted by atomic mass is 10.2. The fourth-order valence-electron chi connectivity index (χ4n) is 2.08. The highest BCUT2D eigenvalue weighted by Gasteiger charge is 2.07. The molecule has 0 amide bonds. The number of aromatic nitrogens is 3. The number of rotatable bonds is 5. The van der Waals surface area contributed by atoms with E-state index in [9.17, 15) is 4.39 Å². The molecule has 0 aliphatic rings. The lowest BCUT2D eigenvalue weighted by Gasteiger charge is -2.08. The normalized spacial score (nSPS) is 10.6. The molecule has 0 bridgehead atoms. The van der Waals surface area contributed by atoms with Crippen LogP contribution < -0.4 is 11.1 Å². The lowest BCUT2D eigenvalue weighted by molar-refractivity contribution is 0.628. The average Bonchev–Trinajstić information content (AvgIpc) is 2.56. The number of benzene rings is 2. The average molecular weight is 341 g/mol. The number of nitrogens with one attached hydrogen (secondary N) is 1. The van der Waals surface area contributed by atoms with Crippen LogP contribution in [0.1, 0.15) is 11.4 Å². The molecule has 7 heteroatoms. The van der Waals surface area contributed by atoms with Gasteiger partial charge in [-0.05, 0) is 42.8 Å². The number of hydrogen-bond acceptors (Lipinski definition) is 6. The van der Waals surface area contributed by atoms with Gasteiger partial charge in [0.2, 0.25) is 11.9 Å². The molecule has 24 heavy (non-hydrogen) atoms. The van der Waals surface area contributed by atoms with Gasteiger partial charge in [0.15, 0.2) is 0 Å². The smallest absolute Gasteiger partial charge is 0.232 e. The first-order chi connectivity index (χ1) is 11.6. The summed E-state index contributed by atoms with van der Waals surface area (Å²) in [7, 11) is 0. The molecule has 0 saturated heterocycles. The van der Waals surface area contributed by atoms with Crippen molar-refractivity contribution in [2.75, 3.05) is 11.1 Å². The zero-order chi connectivity index (χ0) is 16.9. The number of aryl methyl sites for hydroxylation is 1. The Balaban J connectivity index is 1.74. The van der Waals surface area contributed by atoms with Crippen molar-refractivity contribution in [2.45, 2.75) is 17.6 Å². The molecule has 5 nitrogen and oxygen atoms in total. The number of anilines is 3. The van der Waals surface area contributed by atoms with Crippen LogP contribution in [-0.2, 0) is 5.75 Å². The van der Waals surface area contributed by atoms with Crippen molar-refractivity contribution in [2.24, 2.45) is 0 Å². The van der Waals surface area contributed by atoms with Gasteiger partial charge in [0, 0.05) is 10.6 Å². The van der Waals surface area contributed by atoms with Crippen molar-refractivity contribution < 1.29 is 4.39 Å². The summed E-state index contributed by atoms with van der Waals surface area (Å²) in [6.07, 6.45) is 0. The maximum Gasteiger partial charge on any atom is 0.232 e. The quantitative estimate of drug-likeness (QED) is 0.685. The van der Waals surface area contributed by atoms with Crippen LogP contribution in [0.15, 0.2) is 53.4 Å². The van der Waals surface area contributed by atoms with Crippen LogP contribution >= 0.6 is 11.8 Å². The SMILES string of the molecule is Cc1ccccc1SCc1nc(N)nc(Nc2ccc(F)cc2)n1. The number of nitrogen functional groups attached to an aromatic ring is 1. The van der Waals surface area contributed by atoms with Crippen molar-refractivity contribution in [3.05, 3.63) is 65.7 Å². The molecule has 2 aromatic carbocycles. The highest BCUT2D eigenvalue weighted by molar-refractivity contribution is 7.98. The highest BCUT2D eigenvalue weighted by atomic mass is 32.2. The van der Waals surface area contributed by atoms with Gasteiger partial charge in [0.25, 0.3) is 0 Å². The molecule has 0 radical (unpaired) electrons. The van der Waals surface area contributed by atoms with E-state index in [1.807, 2.05) is 12.1 Å². The van der Waals surface area contributed by atoms with E-state index in [0.29, 0.717) is 23.2 Å². The van der Waals surface area contributed by atoms with Crippen LogP contribution in [0.3, 0.4) is 0 Å². The van der Waals surface area contributed by atoms with E-state index in [0.717, 1.165) is 0 Å². The minimum absolute atomic E-state index is 0.148.